The molecule has 1 amide bonds. The van der Waals surface area contributed by atoms with Crippen molar-refractivity contribution in [2.75, 3.05) is 0 Å². The standard InChI is InChI=1S/C14H16N2O2S/c1-10(2)18-14(12(15)17,13-16-8-9-19-13)11-6-4-3-5-7-11/h3-10H,1-2H3,(H2,15,17). The molecule has 5 heteroatoms. The van der Waals surface area contributed by atoms with Gasteiger partial charge in [-0.15, -0.1) is 11.3 Å². The van der Waals surface area contributed by atoms with E-state index in [1.54, 1.807) is 11.6 Å². The number of carbonyl (C=O) groups is 1. The average molecular weight is 276 g/mol. The van der Waals surface area contributed by atoms with Crippen LogP contribution >= 0.6 is 11.3 Å². The molecule has 1 aromatic heterocycles. The molecule has 2 rings (SSSR count). The Morgan fingerprint density at radius 3 is 2.53 bits per heavy atom. The van der Waals surface area contributed by atoms with Crippen LogP contribution in [-0.4, -0.2) is 17.0 Å². The van der Waals surface area contributed by atoms with Gasteiger partial charge in [-0.25, -0.2) is 4.98 Å². The van der Waals surface area contributed by atoms with E-state index in [0.717, 1.165) is 0 Å². The van der Waals surface area contributed by atoms with Crippen molar-refractivity contribution in [3.63, 3.8) is 0 Å². The molecule has 0 spiro atoms. The lowest BCUT2D eigenvalue weighted by atomic mass is 9.93. The van der Waals surface area contributed by atoms with Gasteiger partial charge in [0, 0.05) is 17.1 Å². The Morgan fingerprint density at radius 2 is 2.05 bits per heavy atom. The fraction of sp³-hybridized carbons (Fsp3) is 0.286. The van der Waals surface area contributed by atoms with E-state index in [-0.39, 0.29) is 6.10 Å². The summed E-state index contributed by atoms with van der Waals surface area (Å²) in [5.74, 6) is -0.553. The molecule has 2 N–H and O–H groups in total. The van der Waals surface area contributed by atoms with Crippen molar-refractivity contribution in [2.45, 2.75) is 25.6 Å². The predicted molar refractivity (Wildman–Crippen MR) is 74.8 cm³/mol. The molecule has 0 saturated heterocycles. The summed E-state index contributed by atoms with van der Waals surface area (Å²) in [5.41, 5.74) is 5.03. The van der Waals surface area contributed by atoms with E-state index < -0.39 is 11.5 Å². The Hall–Kier alpha value is -1.72. The molecule has 0 bridgehead atoms. The number of ether oxygens (including phenoxy) is 1. The number of aromatic nitrogens is 1. The Bertz CT molecular complexity index is 540. The summed E-state index contributed by atoms with van der Waals surface area (Å²) in [5, 5.41) is 2.36. The van der Waals surface area contributed by atoms with Gasteiger partial charge in [-0.2, -0.15) is 0 Å². The summed E-state index contributed by atoms with van der Waals surface area (Å²) in [6.07, 6.45) is 1.49. The van der Waals surface area contributed by atoms with Crippen molar-refractivity contribution in [1.82, 2.24) is 4.98 Å². The van der Waals surface area contributed by atoms with E-state index in [0.29, 0.717) is 10.6 Å². The van der Waals surface area contributed by atoms with Gasteiger partial charge in [0.25, 0.3) is 5.91 Å². The first-order valence-electron chi connectivity index (χ1n) is 6.00. The van der Waals surface area contributed by atoms with Crippen molar-refractivity contribution in [1.29, 1.82) is 0 Å². The minimum Gasteiger partial charge on any atom is -0.366 e. The first kappa shape index (κ1) is 13.7. The van der Waals surface area contributed by atoms with E-state index in [1.807, 2.05) is 44.2 Å². The average Bonchev–Trinajstić information content (AvgIpc) is 2.90. The smallest absolute Gasteiger partial charge is 0.261 e. The van der Waals surface area contributed by atoms with Gasteiger partial charge in [0.05, 0.1) is 6.10 Å². The second-order valence-electron chi connectivity index (χ2n) is 4.42. The van der Waals surface area contributed by atoms with E-state index in [4.69, 9.17) is 10.5 Å². The molecule has 2 aromatic rings. The van der Waals surface area contributed by atoms with E-state index in [2.05, 4.69) is 4.98 Å². The summed E-state index contributed by atoms with van der Waals surface area (Å²) < 4.78 is 5.90. The largest absolute Gasteiger partial charge is 0.366 e. The Morgan fingerprint density at radius 1 is 1.37 bits per heavy atom. The summed E-state index contributed by atoms with van der Waals surface area (Å²) in [6, 6.07) is 9.24. The van der Waals surface area contributed by atoms with Gasteiger partial charge in [-0.1, -0.05) is 30.3 Å². The van der Waals surface area contributed by atoms with Crippen molar-refractivity contribution >= 4 is 17.2 Å². The first-order valence-corrected chi connectivity index (χ1v) is 6.88. The van der Waals surface area contributed by atoms with E-state index >= 15 is 0 Å². The highest BCUT2D eigenvalue weighted by molar-refractivity contribution is 7.09. The maximum atomic E-state index is 12.1. The number of thiazole rings is 1. The SMILES string of the molecule is CC(C)OC(C(N)=O)(c1ccccc1)c1nccs1. The van der Waals surface area contributed by atoms with Crippen molar-refractivity contribution < 1.29 is 9.53 Å². The molecule has 1 atom stereocenters. The summed E-state index contributed by atoms with van der Waals surface area (Å²) in [6.45, 7) is 3.74. The third-order valence-corrected chi connectivity index (χ3v) is 3.55. The molecule has 1 heterocycles. The number of benzene rings is 1. The minimum atomic E-state index is -1.32. The lowest BCUT2D eigenvalue weighted by Gasteiger charge is -2.31. The van der Waals surface area contributed by atoms with Crippen LogP contribution in [-0.2, 0) is 15.1 Å². The molecule has 0 aliphatic carbocycles. The molecule has 0 aliphatic rings. The zero-order valence-corrected chi connectivity index (χ0v) is 11.7. The number of hydrogen-bond acceptors (Lipinski definition) is 4. The number of amides is 1. The van der Waals surface area contributed by atoms with Crippen LogP contribution in [0.25, 0.3) is 0 Å². The van der Waals surface area contributed by atoms with Crippen LogP contribution in [0.4, 0.5) is 0 Å². The van der Waals surface area contributed by atoms with Crippen LogP contribution in [0.5, 0.6) is 0 Å². The van der Waals surface area contributed by atoms with Gasteiger partial charge in [0.1, 0.15) is 5.01 Å². The van der Waals surface area contributed by atoms with Crippen LogP contribution in [0.3, 0.4) is 0 Å². The molecule has 1 unspecified atom stereocenters. The highest BCUT2D eigenvalue weighted by atomic mass is 32.1. The molecular weight excluding hydrogens is 260 g/mol. The molecular formula is C14H16N2O2S. The third kappa shape index (κ3) is 2.52. The molecule has 19 heavy (non-hydrogen) atoms. The quantitative estimate of drug-likeness (QED) is 0.911. The van der Waals surface area contributed by atoms with Crippen molar-refractivity contribution in [3.8, 4) is 0 Å². The topological polar surface area (TPSA) is 65.2 Å². The number of primary amides is 1. The number of hydrogen-bond donors (Lipinski definition) is 1. The second kappa shape index (κ2) is 5.50. The van der Waals surface area contributed by atoms with Gasteiger partial charge in [0.15, 0.2) is 0 Å². The summed E-state index contributed by atoms with van der Waals surface area (Å²) >= 11 is 1.36. The Kier molecular flexibility index (Phi) is 3.97. The first-order chi connectivity index (χ1) is 9.07. The lowest BCUT2D eigenvalue weighted by molar-refractivity contribution is -0.144. The Labute approximate surface area is 116 Å². The summed E-state index contributed by atoms with van der Waals surface area (Å²) in [4.78, 5) is 16.4. The zero-order chi connectivity index (χ0) is 13.9. The van der Waals surface area contributed by atoms with Crippen molar-refractivity contribution in [3.05, 3.63) is 52.5 Å². The number of rotatable bonds is 5. The zero-order valence-electron chi connectivity index (χ0n) is 10.9. The van der Waals surface area contributed by atoms with Gasteiger partial charge in [-0.05, 0) is 13.8 Å². The van der Waals surface area contributed by atoms with Gasteiger partial charge < -0.3 is 10.5 Å². The normalized spacial score (nSPS) is 14.3. The molecule has 0 aliphatic heterocycles. The molecule has 1 aromatic carbocycles. The number of nitrogens with two attached hydrogens (primary N) is 1. The maximum Gasteiger partial charge on any atom is 0.261 e. The fourth-order valence-electron chi connectivity index (χ4n) is 1.97. The molecule has 4 nitrogen and oxygen atoms in total. The van der Waals surface area contributed by atoms with Gasteiger partial charge >= 0.3 is 0 Å². The number of nitrogens with zero attached hydrogens (tertiary/aromatic N) is 1. The maximum absolute atomic E-state index is 12.1. The number of carbonyl (C=O) groups excluding carboxylic acids is 1. The highest BCUT2D eigenvalue weighted by Gasteiger charge is 2.45. The molecule has 0 fully saturated rings. The fourth-order valence-corrected chi connectivity index (χ4v) is 2.78. The minimum absolute atomic E-state index is 0.156. The molecule has 100 valence electrons. The van der Waals surface area contributed by atoms with E-state index in [9.17, 15) is 4.79 Å². The third-order valence-electron chi connectivity index (χ3n) is 2.67. The van der Waals surface area contributed by atoms with Crippen LogP contribution in [0.2, 0.25) is 0 Å². The monoisotopic (exact) mass is 276 g/mol. The highest BCUT2D eigenvalue weighted by Crippen LogP contribution is 2.35. The molecule has 0 radical (unpaired) electrons. The van der Waals surface area contributed by atoms with Crippen LogP contribution in [0.1, 0.15) is 24.4 Å². The van der Waals surface area contributed by atoms with Crippen molar-refractivity contribution in [2.24, 2.45) is 5.73 Å². The van der Waals surface area contributed by atoms with E-state index in [1.165, 1.54) is 11.3 Å². The van der Waals surface area contributed by atoms with Crippen LogP contribution in [0.15, 0.2) is 41.9 Å². The second-order valence-corrected chi connectivity index (χ2v) is 5.31. The summed E-state index contributed by atoms with van der Waals surface area (Å²) in [7, 11) is 0. The van der Waals surface area contributed by atoms with Gasteiger partial charge in [-0.3, -0.25) is 4.79 Å². The molecule has 0 saturated carbocycles. The van der Waals surface area contributed by atoms with Crippen LogP contribution < -0.4 is 5.73 Å². The predicted octanol–water partition coefficient (Wildman–Crippen LogP) is 2.30. The lowest BCUT2D eigenvalue weighted by Crippen LogP contribution is -2.46. The van der Waals surface area contributed by atoms with Crippen LogP contribution in [0, 0.1) is 0 Å². The van der Waals surface area contributed by atoms with Gasteiger partial charge in [0.2, 0.25) is 5.60 Å². The Balaban J connectivity index is 2.63.